The average molecular weight is 742 g/mol. The molecule has 1 aliphatic rings. The topological polar surface area (TPSA) is 3.24 Å². The Morgan fingerprint density at radius 2 is 0.828 bits per heavy atom. The van der Waals surface area contributed by atoms with Crippen LogP contribution in [0.3, 0.4) is 0 Å². The molecule has 9 aromatic rings. The van der Waals surface area contributed by atoms with Crippen LogP contribution in [0, 0.1) is 0 Å². The van der Waals surface area contributed by atoms with Crippen LogP contribution in [0.5, 0.6) is 0 Å². The Kier molecular flexibility index (Phi) is 8.92. The zero-order valence-electron chi connectivity index (χ0n) is 32.8. The van der Waals surface area contributed by atoms with E-state index in [1.165, 1.54) is 77.5 Å². The van der Waals surface area contributed by atoms with Gasteiger partial charge in [0.1, 0.15) is 0 Å². The predicted molar refractivity (Wildman–Crippen MR) is 248 cm³/mol. The standard InChI is InChI=1S/C57H43N/c1-57(2)54-37-41(31-35-49(54)50-36-34-47(38-55(50)57)58(45-21-11-5-12-22-45)46-23-13-6-14-24-46)28-27-40-29-32-43(33-30-40)53-39-52(42-17-7-3-8-18-42)48-25-15-16-26-51(48)56(53)44-19-9-4-10-20-44/h3-39H,1-2H3/b28-27+. The number of para-hydroxylation sites is 2. The molecule has 0 radical (unpaired) electrons. The Morgan fingerprint density at radius 3 is 1.47 bits per heavy atom. The zero-order valence-corrected chi connectivity index (χ0v) is 32.8. The van der Waals surface area contributed by atoms with Crippen LogP contribution < -0.4 is 4.90 Å². The van der Waals surface area contributed by atoms with Gasteiger partial charge in [0.15, 0.2) is 0 Å². The Morgan fingerprint density at radius 1 is 0.345 bits per heavy atom. The third-order valence-electron chi connectivity index (χ3n) is 11.9. The molecule has 0 N–H and O–H groups in total. The molecule has 0 spiro atoms. The van der Waals surface area contributed by atoms with Crippen molar-refractivity contribution in [1.82, 2.24) is 0 Å². The summed E-state index contributed by atoms with van der Waals surface area (Å²) in [5.74, 6) is 0. The van der Waals surface area contributed by atoms with E-state index in [1.54, 1.807) is 0 Å². The molecule has 0 atom stereocenters. The van der Waals surface area contributed by atoms with E-state index in [2.05, 4.69) is 243 Å². The van der Waals surface area contributed by atoms with Gasteiger partial charge in [0.05, 0.1) is 0 Å². The second kappa shape index (κ2) is 14.7. The quantitative estimate of drug-likeness (QED) is 0.140. The van der Waals surface area contributed by atoms with Gasteiger partial charge in [0, 0.05) is 22.5 Å². The highest BCUT2D eigenvalue weighted by molar-refractivity contribution is 6.10. The lowest BCUT2D eigenvalue weighted by atomic mass is 9.81. The van der Waals surface area contributed by atoms with Crippen LogP contribution in [0.1, 0.15) is 36.1 Å². The maximum atomic E-state index is 2.40. The lowest BCUT2D eigenvalue weighted by Gasteiger charge is -2.28. The summed E-state index contributed by atoms with van der Waals surface area (Å²) in [6, 6.07) is 77.1. The van der Waals surface area contributed by atoms with Crippen LogP contribution in [0.4, 0.5) is 17.1 Å². The Labute approximate surface area is 341 Å². The third-order valence-corrected chi connectivity index (χ3v) is 11.9. The van der Waals surface area contributed by atoms with Gasteiger partial charge in [-0.3, -0.25) is 0 Å². The molecule has 10 rings (SSSR count). The number of benzene rings is 9. The molecule has 0 bridgehead atoms. The largest absolute Gasteiger partial charge is 0.310 e. The summed E-state index contributed by atoms with van der Waals surface area (Å²) < 4.78 is 0. The Hall–Kier alpha value is -7.22. The first-order chi connectivity index (χ1) is 28.5. The SMILES string of the molecule is CC1(C)c2cc(/C=C/c3ccc(-c4cc(-c5ccccc5)c5ccccc5c4-c4ccccc4)cc3)ccc2-c2ccc(N(c3ccccc3)c3ccccc3)cc21. The van der Waals surface area contributed by atoms with Crippen molar-refractivity contribution in [3.05, 3.63) is 235 Å². The number of hydrogen-bond donors (Lipinski definition) is 0. The van der Waals surface area contributed by atoms with Crippen LogP contribution in [0.25, 0.3) is 67.4 Å². The molecule has 0 saturated carbocycles. The molecular formula is C57H43N. The van der Waals surface area contributed by atoms with Crippen LogP contribution in [0.2, 0.25) is 0 Å². The van der Waals surface area contributed by atoms with Gasteiger partial charge in [-0.05, 0) is 120 Å². The maximum Gasteiger partial charge on any atom is 0.0465 e. The van der Waals surface area contributed by atoms with Gasteiger partial charge in [-0.1, -0.05) is 196 Å². The summed E-state index contributed by atoms with van der Waals surface area (Å²) in [4.78, 5) is 2.35. The normalized spacial score (nSPS) is 12.7. The fourth-order valence-electron chi connectivity index (χ4n) is 8.93. The summed E-state index contributed by atoms with van der Waals surface area (Å²) >= 11 is 0. The van der Waals surface area contributed by atoms with Crippen molar-refractivity contribution >= 4 is 40.0 Å². The van der Waals surface area contributed by atoms with Gasteiger partial charge in [0.25, 0.3) is 0 Å². The molecule has 58 heavy (non-hydrogen) atoms. The van der Waals surface area contributed by atoms with Gasteiger partial charge in [0.2, 0.25) is 0 Å². The minimum absolute atomic E-state index is 0.153. The molecule has 0 aromatic heterocycles. The Bertz CT molecular complexity index is 2890. The third kappa shape index (κ3) is 6.32. The highest BCUT2D eigenvalue weighted by Gasteiger charge is 2.36. The fraction of sp³-hybridized carbons (Fsp3) is 0.0526. The van der Waals surface area contributed by atoms with E-state index in [4.69, 9.17) is 0 Å². The number of rotatable bonds is 8. The molecule has 0 saturated heterocycles. The van der Waals surface area contributed by atoms with Gasteiger partial charge in [-0.2, -0.15) is 0 Å². The van der Waals surface area contributed by atoms with Gasteiger partial charge in [-0.15, -0.1) is 0 Å². The van der Waals surface area contributed by atoms with E-state index >= 15 is 0 Å². The van der Waals surface area contributed by atoms with Crippen molar-refractivity contribution in [3.63, 3.8) is 0 Å². The van der Waals surface area contributed by atoms with Crippen molar-refractivity contribution in [1.29, 1.82) is 0 Å². The predicted octanol–water partition coefficient (Wildman–Crippen LogP) is 15.8. The minimum atomic E-state index is -0.153. The minimum Gasteiger partial charge on any atom is -0.310 e. The lowest BCUT2D eigenvalue weighted by Crippen LogP contribution is -2.16. The number of fused-ring (bicyclic) bond motifs is 4. The number of anilines is 3. The van der Waals surface area contributed by atoms with Crippen LogP contribution >= 0.6 is 0 Å². The van der Waals surface area contributed by atoms with E-state index in [-0.39, 0.29) is 5.41 Å². The van der Waals surface area contributed by atoms with Crippen molar-refractivity contribution in [3.8, 4) is 44.5 Å². The highest BCUT2D eigenvalue weighted by Crippen LogP contribution is 2.51. The van der Waals surface area contributed by atoms with E-state index in [0.29, 0.717) is 0 Å². The summed E-state index contributed by atoms with van der Waals surface area (Å²) in [6.45, 7) is 4.73. The summed E-state index contributed by atoms with van der Waals surface area (Å²) in [7, 11) is 0. The van der Waals surface area contributed by atoms with E-state index in [1.807, 2.05) is 0 Å². The molecule has 1 aliphatic carbocycles. The maximum absolute atomic E-state index is 2.40. The van der Waals surface area contributed by atoms with E-state index < -0.39 is 0 Å². The molecule has 0 aliphatic heterocycles. The molecule has 1 heteroatoms. The molecule has 9 aromatic carbocycles. The lowest BCUT2D eigenvalue weighted by molar-refractivity contribution is 0.660. The Balaban J connectivity index is 0.972. The summed E-state index contributed by atoms with van der Waals surface area (Å²) in [5.41, 5.74) is 18.4. The van der Waals surface area contributed by atoms with Gasteiger partial charge < -0.3 is 4.90 Å². The zero-order chi connectivity index (χ0) is 39.1. The first-order valence-electron chi connectivity index (χ1n) is 20.2. The number of hydrogen-bond acceptors (Lipinski definition) is 1. The molecule has 0 amide bonds. The van der Waals surface area contributed by atoms with Crippen LogP contribution in [-0.4, -0.2) is 0 Å². The second-order valence-electron chi connectivity index (χ2n) is 15.7. The van der Waals surface area contributed by atoms with Gasteiger partial charge in [-0.25, -0.2) is 0 Å². The van der Waals surface area contributed by atoms with Crippen LogP contribution in [0.15, 0.2) is 212 Å². The summed E-state index contributed by atoms with van der Waals surface area (Å²) in [5, 5.41) is 2.52. The average Bonchev–Trinajstić information content (AvgIpc) is 3.51. The first kappa shape index (κ1) is 35.2. The monoisotopic (exact) mass is 741 g/mol. The van der Waals surface area contributed by atoms with Crippen LogP contribution in [-0.2, 0) is 5.41 Å². The van der Waals surface area contributed by atoms with Crippen molar-refractivity contribution in [2.24, 2.45) is 0 Å². The first-order valence-corrected chi connectivity index (χ1v) is 20.2. The molecule has 1 nitrogen and oxygen atoms in total. The smallest absolute Gasteiger partial charge is 0.0465 e. The molecule has 276 valence electrons. The molecule has 0 heterocycles. The fourth-order valence-corrected chi connectivity index (χ4v) is 8.93. The highest BCUT2D eigenvalue weighted by atomic mass is 15.1. The van der Waals surface area contributed by atoms with Crippen molar-refractivity contribution in [2.75, 3.05) is 4.90 Å². The van der Waals surface area contributed by atoms with Gasteiger partial charge >= 0.3 is 0 Å². The molecule has 0 unspecified atom stereocenters. The molecule has 0 fully saturated rings. The number of nitrogens with zero attached hydrogens (tertiary/aromatic N) is 1. The second-order valence-corrected chi connectivity index (χ2v) is 15.7. The summed E-state index contributed by atoms with van der Waals surface area (Å²) in [6.07, 6.45) is 4.50. The van der Waals surface area contributed by atoms with Crippen molar-refractivity contribution in [2.45, 2.75) is 19.3 Å². The van der Waals surface area contributed by atoms with E-state index in [9.17, 15) is 0 Å². The van der Waals surface area contributed by atoms with E-state index in [0.717, 1.165) is 17.1 Å². The van der Waals surface area contributed by atoms with Crippen molar-refractivity contribution < 1.29 is 0 Å². The molecular weight excluding hydrogens is 699 g/mol.